The number of hydrogen-bond acceptors (Lipinski definition) is 3. The van der Waals surface area contributed by atoms with E-state index in [2.05, 4.69) is 13.8 Å². The minimum atomic E-state index is -1.53. The van der Waals surface area contributed by atoms with E-state index in [0.717, 1.165) is 51.4 Å². The predicted octanol–water partition coefficient (Wildman–Crippen LogP) is 14.1. The van der Waals surface area contributed by atoms with Gasteiger partial charge in [0.2, 0.25) is 11.2 Å². The largest absolute Gasteiger partial charge is 0.479 e. The molecule has 0 aromatic rings. The summed E-state index contributed by atoms with van der Waals surface area (Å²) in [4.78, 5) is 25.2. The lowest BCUT2D eigenvalue weighted by Crippen LogP contribution is -2.54. The third kappa shape index (κ3) is 15.2. The van der Waals surface area contributed by atoms with E-state index in [1.165, 1.54) is 180 Å². The van der Waals surface area contributed by atoms with Gasteiger partial charge in [0.15, 0.2) is 0 Å². The number of hydrogen-bond donors (Lipinski definition) is 2. The first-order valence-corrected chi connectivity index (χ1v) is 22.1. The first-order valence-electron chi connectivity index (χ1n) is 22.1. The topological polar surface area (TPSA) is 87.1 Å². The van der Waals surface area contributed by atoms with Crippen LogP contribution in [0.5, 0.6) is 0 Å². The fourth-order valence-electron chi connectivity index (χ4n) is 9.35. The summed E-state index contributed by atoms with van der Waals surface area (Å²) in [6, 6.07) is 0. The highest BCUT2D eigenvalue weighted by atomic mass is 16.7. The highest BCUT2D eigenvalue weighted by Crippen LogP contribution is 2.69. The zero-order chi connectivity index (χ0) is 35.5. The number of carboxylic acids is 2. The first kappa shape index (κ1) is 44.1. The fourth-order valence-corrected chi connectivity index (χ4v) is 9.35. The summed E-state index contributed by atoms with van der Waals surface area (Å²) < 4.78 is 5.95. The molecule has 1 saturated heterocycles. The Balaban J connectivity index is 1.63. The standard InChI is InChI=1S/C44H82O5/c1-3-5-7-9-11-13-15-17-19-21-23-25-27-29-31-33-36-42(38-35-39-43(40(45)46)44(42,49-43)41(47)48)37-34-32-30-28-26-24-22-20-18-16-14-12-10-8-6-4-2/h3-39H2,1-2H3,(H,45,46)(H,47,48). The number of rotatable bonds is 36. The maximum absolute atomic E-state index is 12.8. The Kier molecular flexibility index (Phi) is 24.0. The van der Waals surface area contributed by atoms with Gasteiger partial charge in [-0.05, 0) is 32.1 Å². The van der Waals surface area contributed by atoms with Crippen molar-refractivity contribution in [2.75, 3.05) is 0 Å². The van der Waals surface area contributed by atoms with Crippen LogP contribution in [0.1, 0.15) is 251 Å². The number of carbonyl (C=O) groups is 2. The number of carboxylic acid groups (broad SMARTS) is 2. The van der Waals surface area contributed by atoms with Gasteiger partial charge in [0.25, 0.3) is 0 Å². The van der Waals surface area contributed by atoms with Crippen molar-refractivity contribution in [2.45, 2.75) is 263 Å². The molecule has 2 N–H and O–H groups in total. The Morgan fingerprint density at radius 2 is 0.714 bits per heavy atom. The molecule has 2 unspecified atom stereocenters. The maximum atomic E-state index is 12.8. The van der Waals surface area contributed by atoms with Crippen LogP contribution < -0.4 is 0 Å². The van der Waals surface area contributed by atoms with Gasteiger partial charge in [0.05, 0.1) is 0 Å². The van der Waals surface area contributed by atoms with Crippen LogP contribution in [-0.2, 0) is 14.3 Å². The normalized spacial score (nSPS) is 21.1. The minimum Gasteiger partial charge on any atom is -0.479 e. The van der Waals surface area contributed by atoms with Crippen LogP contribution in [0.25, 0.3) is 0 Å². The smallest absolute Gasteiger partial charge is 0.340 e. The van der Waals surface area contributed by atoms with Crippen molar-refractivity contribution in [1.82, 2.24) is 0 Å². The monoisotopic (exact) mass is 691 g/mol. The van der Waals surface area contributed by atoms with Gasteiger partial charge in [-0.25, -0.2) is 9.59 Å². The van der Waals surface area contributed by atoms with Crippen molar-refractivity contribution in [3.63, 3.8) is 0 Å². The predicted molar refractivity (Wildman–Crippen MR) is 206 cm³/mol. The molecule has 1 aliphatic carbocycles. The molecule has 2 fully saturated rings. The Labute approximate surface area is 303 Å². The van der Waals surface area contributed by atoms with Gasteiger partial charge in [-0.3, -0.25) is 0 Å². The van der Waals surface area contributed by atoms with Gasteiger partial charge in [-0.2, -0.15) is 0 Å². The van der Waals surface area contributed by atoms with Crippen molar-refractivity contribution in [3.8, 4) is 0 Å². The number of fused-ring (bicyclic) bond motifs is 1. The van der Waals surface area contributed by atoms with Crippen molar-refractivity contribution in [3.05, 3.63) is 0 Å². The summed E-state index contributed by atoms with van der Waals surface area (Å²) in [7, 11) is 0. The summed E-state index contributed by atoms with van der Waals surface area (Å²) in [5.41, 5.74) is -3.60. The Morgan fingerprint density at radius 3 is 0.980 bits per heavy atom. The maximum Gasteiger partial charge on any atom is 0.340 e. The van der Waals surface area contributed by atoms with Gasteiger partial charge in [0.1, 0.15) is 0 Å². The number of epoxide rings is 1. The van der Waals surface area contributed by atoms with Gasteiger partial charge in [-0.1, -0.05) is 219 Å². The van der Waals surface area contributed by atoms with Crippen LogP contribution in [-0.4, -0.2) is 33.4 Å². The van der Waals surface area contributed by atoms with Gasteiger partial charge >= 0.3 is 11.9 Å². The minimum absolute atomic E-state index is 0.328. The van der Waals surface area contributed by atoms with E-state index in [1.54, 1.807) is 0 Å². The SMILES string of the molecule is CCCCCCCCCCCCCCCCCCC1(CCCCCCCCCCCCCCCCCC)CCCC2(C(=O)O)OC12C(=O)O. The molecular formula is C44H82O5. The van der Waals surface area contributed by atoms with Crippen molar-refractivity contribution < 1.29 is 24.5 Å². The molecule has 1 heterocycles. The van der Waals surface area contributed by atoms with E-state index in [1.807, 2.05) is 0 Å². The summed E-state index contributed by atoms with van der Waals surface area (Å²) >= 11 is 0. The zero-order valence-corrected chi connectivity index (χ0v) is 32.8. The molecule has 0 amide bonds. The molecule has 5 nitrogen and oxygen atoms in total. The van der Waals surface area contributed by atoms with E-state index >= 15 is 0 Å². The number of ether oxygens (including phenoxy) is 1. The lowest BCUT2D eigenvalue weighted by Gasteiger charge is -2.42. The molecular weight excluding hydrogens is 608 g/mol. The van der Waals surface area contributed by atoms with Gasteiger partial charge in [-0.15, -0.1) is 0 Å². The van der Waals surface area contributed by atoms with Crippen LogP contribution in [0.15, 0.2) is 0 Å². The average molecular weight is 691 g/mol. The van der Waals surface area contributed by atoms with E-state index in [-0.39, 0.29) is 0 Å². The van der Waals surface area contributed by atoms with E-state index < -0.39 is 28.6 Å². The molecule has 0 aromatic carbocycles. The summed E-state index contributed by atoms with van der Waals surface area (Å²) in [6.07, 6.45) is 45.5. The Bertz CT molecular complexity index is 805. The third-order valence-corrected chi connectivity index (χ3v) is 12.4. The van der Waals surface area contributed by atoms with Crippen molar-refractivity contribution in [2.24, 2.45) is 5.41 Å². The summed E-state index contributed by atoms with van der Waals surface area (Å²) in [6.45, 7) is 4.56. The molecule has 49 heavy (non-hydrogen) atoms. The number of aliphatic carboxylic acids is 2. The van der Waals surface area contributed by atoms with E-state index in [9.17, 15) is 19.8 Å². The second-order valence-electron chi connectivity index (χ2n) is 16.5. The third-order valence-electron chi connectivity index (χ3n) is 12.4. The van der Waals surface area contributed by atoms with E-state index in [0.29, 0.717) is 6.42 Å². The van der Waals surface area contributed by atoms with E-state index in [4.69, 9.17) is 4.74 Å². The molecule has 2 rings (SSSR count). The summed E-state index contributed by atoms with van der Waals surface area (Å²) in [5.74, 6) is -2.11. The molecule has 1 aliphatic heterocycles. The van der Waals surface area contributed by atoms with Crippen LogP contribution in [0.3, 0.4) is 0 Å². The quantitative estimate of drug-likeness (QED) is 0.0505. The first-order chi connectivity index (χ1) is 23.9. The van der Waals surface area contributed by atoms with Crippen molar-refractivity contribution >= 4 is 11.9 Å². The number of unbranched alkanes of at least 4 members (excludes halogenated alkanes) is 30. The van der Waals surface area contributed by atoms with Crippen LogP contribution >= 0.6 is 0 Å². The lowest BCUT2D eigenvalue weighted by molar-refractivity contribution is -0.154. The Morgan fingerprint density at radius 1 is 0.429 bits per heavy atom. The van der Waals surface area contributed by atoms with Gasteiger partial charge < -0.3 is 14.9 Å². The fraction of sp³-hybridized carbons (Fsp3) is 0.955. The molecule has 0 radical (unpaired) electrons. The molecule has 0 bridgehead atoms. The molecule has 0 aromatic heterocycles. The highest BCUT2D eigenvalue weighted by Gasteiger charge is 2.87. The van der Waals surface area contributed by atoms with Crippen LogP contribution in [0, 0.1) is 5.41 Å². The Hall–Kier alpha value is -1.10. The highest BCUT2D eigenvalue weighted by molar-refractivity contribution is 5.97. The van der Waals surface area contributed by atoms with Gasteiger partial charge in [0, 0.05) is 5.41 Å². The molecule has 2 atom stereocenters. The second-order valence-corrected chi connectivity index (χ2v) is 16.5. The second kappa shape index (κ2) is 26.6. The van der Waals surface area contributed by atoms with Crippen molar-refractivity contribution in [1.29, 1.82) is 0 Å². The average Bonchev–Trinajstić information content (AvgIpc) is 3.82. The molecule has 1 saturated carbocycles. The molecule has 0 spiro atoms. The van der Waals surface area contributed by atoms with Crippen LogP contribution in [0.4, 0.5) is 0 Å². The summed E-state index contributed by atoms with van der Waals surface area (Å²) in [5, 5.41) is 20.6. The molecule has 5 heteroatoms. The van der Waals surface area contributed by atoms with Crippen LogP contribution in [0.2, 0.25) is 0 Å². The zero-order valence-electron chi connectivity index (χ0n) is 32.8. The lowest BCUT2D eigenvalue weighted by atomic mass is 9.57. The molecule has 288 valence electrons. The molecule has 2 aliphatic rings.